The van der Waals surface area contributed by atoms with E-state index >= 15 is 0 Å². The summed E-state index contributed by atoms with van der Waals surface area (Å²) >= 11 is 5.76. The molecule has 0 bridgehead atoms. The molecule has 1 aromatic heterocycles. The number of fused-ring (bicyclic) bond motifs is 1. The number of thiophene rings is 1. The first kappa shape index (κ1) is 9.14. The minimum atomic E-state index is -0.0769. The van der Waals surface area contributed by atoms with Crippen molar-refractivity contribution in [1.29, 1.82) is 0 Å². The van der Waals surface area contributed by atoms with Gasteiger partial charge >= 0.3 is 0 Å². The van der Waals surface area contributed by atoms with Crippen molar-refractivity contribution in [3.63, 3.8) is 0 Å². The quantitative estimate of drug-likeness (QED) is 0.577. The molecule has 0 nitrogen and oxygen atoms in total. The fraction of sp³-hybridized carbons (Fsp3) is 0. The maximum Gasteiger partial charge on any atom is 0.155 e. The molecule has 0 aliphatic carbocycles. The van der Waals surface area contributed by atoms with Gasteiger partial charge in [0.05, 0.1) is 0 Å². The van der Waals surface area contributed by atoms with Crippen LogP contribution in [0.5, 0.6) is 0 Å². The summed E-state index contributed by atoms with van der Waals surface area (Å²) in [7, 11) is 0. The third-order valence-electron chi connectivity index (χ3n) is 1.55. The van der Waals surface area contributed by atoms with Gasteiger partial charge in [-0.3, -0.25) is 0 Å². The highest BCUT2D eigenvalue weighted by Gasteiger charge is 2.08. The molecule has 0 fully saturated rings. The lowest BCUT2D eigenvalue weighted by Gasteiger charge is -1.89. The van der Waals surface area contributed by atoms with E-state index in [2.05, 4.69) is 22.6 Å². The van der Waals surface area contributed by atoms with Gasteiger partial charge in [-0.15, -0.1) is 11.3 Å². The molecule has 0 radical (unpaired) electrons. The van der Waals surface area contributed by atoms with Gasteiger partial charge in [0.15, 0.2) is 5.82 Å². The van der Waals surface area contributed by atoms with E-state index in [0.717, 1.165) is 16.5 Å². The molecule has 62 valence electrons. The molecule has 12 heavy (non-hydrogen) atoms. The lowest BCUT2D eigenvalue weighted by Crippen LogP contribution is -1.72. The van der Waals surface area contributed by atoms with Gasteiger partial charge in [-0.2, -0.15) is 0 Å². The fourth-order valence-electron chi connectivity index (χ4n) is 1.01. The molecule has 0 atom stereocenters. The highest BCUT2D eigenvalue weighted by molar-refractivity contribution is 14.1. The molecule has 4 heteroatoms. The maximum absolute atomic E-state index is 13.3. The normalized spacial score (nSPS) is 10.9. The standard InChI is InChI=1S/C8H3FI2S/c9-7-5-2-1-4(10)3-6(5)12-8(7)11/h1-3H. The molecule has 0 saturated carbocycles. The lowest BCUT2D eigenvalue weighted by atomic mass is 10.3. The molecule has 2 aromatic rings. The van der Waals surface area contributed by atoms with Crippen molar-refractivity contribution in [3.8, 4) is 0 Å². The second-order valence-electron chi connectivity index (χ2n) is 2.33. The van der Waals surface area contributed by atoms with Crippen molar-refractivity contribution >= 4 is 66.6 Å². The van der Waals surface area contributed by atoms with Gasteiger partial charge in [-0.1, -0.05) is 0 Å². The van der Waals surface area contributed by atoms with Crippen LogP contribution in [0.3, 0.4) is 0 Å². The SMILES string of the molecule is Fc1c(I)sc2cc(I)ccc12. The Morgan fingerprint density at radius 1 is 1.25 bits per heavy atom. The Hall–Kier alpha value is 0.570. The van der Waals surface area contributed by atoms with E-state index in [4.69, 9.17) is 0 Å². The van der Waals surface area contributed by atoms with Crippen molar-refractivity contribution in [2.24, 2.45) is 0 Å². The predicted molar refractivity (Wildman–Crippen MR) is 67.2 cm³/mol. The van der Waals surface area contributed by atoms with Crippen LogP contribution in [0.2, 0.25) is 0 Å². The second kappa shape index (κ2) is 3.38. The summed E-state index contributed by atoms with van der Waals surface area (Å²) in [6.07, 6.45) is 0. The van der Waals surface area contributed by atoms with Crippen LogP contribution in [-0.4, -0.2) is 0 Å². The summed E-state index contributed by atoms with van der Waals surface area (Å²) in [6, 6.07) is 5.77. The molecular formula is C8H3FI2S. The number of rotatable bonds is 0. The van der Waals surface area contributed by atoms with Crippen LogP contribution in [-0.2, 0) is 0 Å². The first-order valence-electron chi connectivity index (χ1n) is 3.21. The molecular weight excluding hydrogens is 401 g/mol. The lowest BCUT2D eigenvalue weighted by molar-refractivity contribution is 0.638. The van der Waals surface area contributed by atoms with Crippen LogP contribution in [0.25, 0.3) is 10.1 Å². The number of hydrogen-bond donors (Lipinski definition) is 0. The van der Waals surface area contributed by atoms with Crippen LogP contribution in [0.15, 0.2) is 18.2 Å². The molecule has 1 aromatic carbocycles. The zero-order chi connectivity index (χ0) is 8.72. The Bertz CT molecular complexity index is 436. The average molecular weight is 404 g/mol. The number of halogens is 3. The number of benzene rings is 1. The smallest absolute Gasteiger partial charge is 0.155 e. The summed E-state index contributed by atoms with van der Waals surface area (Å²) in [4.78, 5) is 0. The molecule has 0 spiro atoms. The topological polar surface area (TPSA) is 0 Å². The highest BCUT2D eigenvalue weighted by Crippen LogP contribution is 2.31. The molecule has 0 saturated heterocycles. The third kappa shape index (κ3) is 1.48. The molecule has 1 heterocycles. The Labute approximate surface area is 100 Å². The van der Waals surface area contributed by atoms with Crippen LogP contribution in [0.1, 0.15) is 0 Å². The Morgan fingerprint density at radius 2 is 2.00 bits per heavy atom. The Balaban J connectivity index is 2.87. The van der Waals surface area contributed by atoms with E-state index in [1.54, 1.807) is 0 Å². The summed E-state index contributed by atoms with van der Waals surface area (Å²) in [6.45, 7) is 0. The Kier molecular flexibility index (Phi) is 2.57. The second-order valence-corrected chi connectivity index (χ2v) is 6.44. The van der Waals surface area contributed by atoms with Crippen LogP contribution in [0.4, 0.5) is 4.39 Å². The molecule has 2 rings (SSSR count). The van der Waals surface area contributed by atoms with E-state index in [0.29, 0.717) is 0 Å². The first-order chi connectivity index (χ1) is 5.68. The zero-order valence-electron chi connectivity index (χ0n) is 5.77. The van der Waals surface area contributed by atoms with E-state index in [-0.39, 0.29) is 5.82 Å². The molecule has 0 unspecified atom stereocenters. The van der Waals surface area contributed by atoms with Crippen molar-refractivity contribution < 1.29 is 4.39 Å². The van der Waals surface area contributed by atoms with E-state index < -0.39 is 0 Å². The predicted octanol–water partition coefficient (Wildman–Crippen LogP) is 4.25. The van der Waals surface area contributed by atoms with Crippen LogP contribution < -0.4 is 0 Å². The van der Waals surface area contributed by atoms with E-state index in [1.165, 1.54) is 11.3 Å². The minimum absolute atomic E-state index is 0.0769. The van der Waals surface area contributed by atoms with Crippen molar-refractivity contribution in [2.75, 3.05) is 0 Å². The minimum Gasteiger partial charge on any atom is -0.204 e. The molecule has 0 aliphatic heterocycles. The molecule has 0 aliphatic rings. The van der Waals surface area contributed by atoms with Gasteiger partial charge in [0.1, 0.15) is 2.88 Å². The van der Waals surface area contributed by atoms with Crippen LogP contribution >= 0.6 is 56.5 Å². The summed E-state index contributed by atoms with van der Waals surface area (Å²) in [5, 5.41) is 0.741. The van der Waals surface area contributed by atoms with E-state index in [9.17, 15) is 4.39 Å². The molecule has 0 N–H and O–H groups in total. The van der Waals surface area contributed by atoms with Gasteiger partial charge in [0, 0.05) is 13.7 Å². The van der Waals surface area contributed by atoms with Crippen molar-refractivity contribution in [2.45, 2.75) is 0 Å². The average Bonchev–Trinajstić information content (AvgIpc) is 2.28. The Morgan fingerprint density at radius 3 is 2.75 bits per heavy atom. The van der Waals surface area contributed by atoms with Gasteiger partial charge in [-0.25, -0.2) is 4.39 Å². The van der Waals surface area contributed by atoms with Crippen molar-refractivity contribution in [1.82, 2.24) is 0 Å². The first-order valence-corrected chi connectivity index (χ1v) is 6.19. The third-order valence-corrected chi connectivity index (χ3v) is 4.27. The van der Waals surface area contributed by atoms with E-state index in [1.807, 2.05) is 40.8 Å². The zero-order valence-corrected chi connectivity index (χ0v) is 10.9. The summed E-state index contributed by atoms with van der Waals surface area (Å²) in [5.41, 5.74) is 0. The maximum atomic E-state index is 13.3. The van der Waals surface area contributed by atoms with Crippen LogP contribution in [0, 0.1) is 12.3 Å². The van der Waals surface area contributed by atoms with Gasteiger partial charge < -0.3 is 0 Å². The molecule has 0 amide bonds. The highest BCUT2D eigenvalue weighted by atomic mass is 127. The summed E-state index contributed by atoms with van der Waals surface area (Å²) in [5.74, 6) is -0.0769. The van der Waals surface area contributed by atoms with Gasteiger partial charge in [-0.05, 0) is 63.4 Å². The van der Waals surface area contributed by atoms with Crippen molar-refractivity contribution in [3.05, 3.63) is 30.5 Å². The van der Waals surface area contributed by atoms with Gasteiger partial charge in [0.2, 0.25) is 0 Å². The van der Waals surface area contributed by atoms with Gasteiger partial charge in [0.25, 0.3) is 0 Å². The summed E-state index contributed by atoms with van der Waals surface area (Å²) < 4.78 is 16.2. The fourth-order valence-corrected chi connectivity index (χ4v) is 3.56. The monoisotopic (exact) mass is 404 g/mol. The largest absolute Gasteiger partial charge is 0.204 e. The number of hydrogen-bond acceptors (Lipinski definition) is 1.